The van der Waals surface area contributed by atoms with Gasteiger partial charge in [0.25, 0.3) is 0 Å². The van der Waals surface area contributed by atoms with Gasteiger partial charge in [0.05, 0.1) is 0 Å². The van der Waals surface area contributed by atoms with E-state index in [-0.39, 0.29) is 16.3 Å². The fourth-order valence-corrected chi connectivity index (χ4v) is 0. The summed E-state index contributed by atoms with van der Waals surface area (Å²) in [6, 6.07) is 0. The molecule has 0 amide bonds. The molecule has 0 saturated carbocycles. The second-order valence-corrected chi connectivity index (χ2v) is 0. The molecule has 0 atom stereocenters. The maximum absolute atomic E-state index is 3.12. The Hall–Kier alpha value is 0.402. The molecule has 0 aromatic heterocycles. The third-order valence-electron chi connectivity index (χ3n) is 0. The Bertz CT molecular complexity index is 6.85. The topological polar surface area (TPSA) is 0 Å². The summed E-state index contributed by atoms with van der Waals surface area (Å²) in [5, 5.41) is 3.12. The van der Waals surface area contributed by atoms with Gasteiger partial charge in [0.2, 0.25) is 0 Å². The van der Waals surface area contributed by atoms with Crippen LogP contribution in [0, 0.1) is 14.9 Å². The molecule has 0 heterocycles. The average Bonchev–Trinajstić information content (AvgIpc) is 1.00. The maximum atomic E-state index is 3.12. The van der Waals surface area contributed by atoms with Crippen LogP contribution in [0.2, 0.25) is 0 Å². The Labute approximate surface area is 38.3 Å². The van der Waals surface area contributed by atoms with Crippen molar-refractivity contribution < 1.29 is 17.3 Å². The minimum Gasteiger partial charge on any atom is -0.358 e. The molecule has 1 heteroatoms. The largest absolute Gasteiger partial charge is 0.358 e. The predicted octanol–water partition coefficient (Wildman–Crippen LogP) is 1.11. The van der Waals surface area contributed by atoms with Crippen LogP contribution < -0.4 is 0 Å². The molecule has 0 N–H and O–H groups in total. The van der Waals surface area contributed by atoms with Crippen molar-refractivity contribution in [2.75, 3.05) is 0 Å². The third kappa shape index (κ3) is 29.2. The predicted molar refractivity (Wildman–Crippen MR) is 22.1 cm³/mol. The van der Waals surface area contributed by atoms with Crippen LogP contribution in [0.25, 0.3) is 0 Å². The van der Waals surface area contributed by atoms with E-state index in [9.17, 15) is 0 Å². The van der Waals surface area contributed by atoms with Gasteiger partial charge in [-0.3, -0.25) is 0 Å². The van der Waals surface area contributed by atoms with E-state index < -0.39 is 0 Å². The fraction of sp³-hybridized carbons (Fsp3) is 0. The van der Waals surface area contributed by atoms with Crippen molar-refractivity contribution in [3.05, 3.63) is 14.9 Å². The van der Waals surface area contributed by atoms with Crippen LogP contribution in [0.5, 0.6) is 0 Å². The van der Waals surface area contributed by atoms with Crippen molar-refractivity contribution in [3.8, 4) is 0 Å². The van der Waals surface area contributed by atoms with Crippen molar-refractivity contribution >= 4 is 5.39 Å². The monoisotopic (exact) mass is 99.0 g/mol. The van der Waals surface area contributed by atoms with E-state index >= 15 is 0 Å². The summed E-state index contributed by atoms with van der Waals surface area (Å²) in [6.07, 6.45) is 0. The first kappa shape index (κ1) is 25.9. The van der Waals surface area contributed by atoms with Crippen LogP contribution in [0.3, 0.4) is 0 Å². The molecule has 30 valence electrons. The summed E-state index contributed by atoms with van der Waals surface area (Å²) in [5.41, 5.74) is 0. The Kier molecular flexibility index (Phi) is 785. The molecule has 0 spiro atoms. The fourth-order valence-electron chi connectivity index (χ4n) is 0. The number of hydrogen-bond donors (Lipinski definition) is 0. The van der Waals surface area contributed by atoms with Crippen LogP contribution in [-0.2, 0) is 15.9 Å². The van der Waals surface area contributed by atoms with Crippen LogP contribution in [0.1, 0.15) is 1.43 Å². The van der Waals surface area contributed by atoms with E-state index in [0.717, 1.165) is 0 Å². The molecule has 0 aromatic rings. The third-order valence-corrected chi connectivity index (χ3v) is 0. The standard InChI is InChI=1S/2CH3.CH2.Cr.H2/h2*1H3;1H2;;1H/q2*-1;;;/i;;;;1+1. The molecule has 0 aliphatic heterocycles. The molecule has 0 rings (SSSR count). The molecular weight excluding hydrogens is 88.0 g/mol. The normalized spacial score (nSPS) is 1.00. The Morgan fingerprint density at radius 2 is 1.25 bits per heavy atom. The average molecular weight is 99.1 g/mol. The van der Waals surface area contributed by atoms with Crippen molar-refractivity contribution in [2.24, 2.45) is 0 Å². The van der Waals surface area contributed by atoms with Gasteiger partial charge in [-0.2, -0.15) is 0 Å². The van der Waals surface area contributed by atoms with Crippen molar-refractivity contribution in [1.29, 1.82) is 0 Å². The van der Waals surface area contributed by atoms with Crippen molar-refractivity contribution in [1.82, 2.24) is 0 Å². The SMILES string of the molecule is [2HH].[CH2]=[Cr].[CH3-].[CH3-]. The van der Waals surface area contributed by atoms with E-state index in [2.05, 4.69) is 21.2 Å². The van der Waals surface area contributed by atoms with Gasteiger partial charge >= 0.3 is 21.2 Å². The summed E-state index contributed by atoms with van der Waals surface area (Å²) in [4.78, 5) is 0. The van der Waals surface area contributed by atoms with E-state index in [1.54, 1.807) is 0 Å². The molecule has 0 saturated heterocycles. The zero-order valence-electron chi connectivity index (χ0n) is 3.12. The molecule has 0 unspecified atom stereocenters. The Morgan fingerprint density at radius 3 is 1.25 bits per heavy atom. The smallest absolute Gasteiger partial charge is 0.358 e. The van der Waals surface area contributed by atoms with Gasteiger partial charge < -0.3 is 14.9 Å². The van der Waals surface area contributed by atoms with Crippen molar-refractivity contribution in [3.63, 3.8) is 0 Å². The number of hydrogen-bond acceptors (Lipinski definition) is 0. The molecule has 0 aromatic carbocycles. The minimum atomic E-state index is 0. The second kappa shape index (κ2) is 121. The molecule has 0 aliphatic carbocycles. The maximum Gasteiger partial charge on any atom is -0.358 e. The molecule has 0 radical (unpaired) electrons. The van der Waals surface area contributed by atoms with Crippen LogP contribution >= 0.6 is 0 Å². The van der Waals surface area contributed by atoms with E-state index in [0.29, 0.717) is 0 Å². The van der Waals surface area contributed by atoms with Crippen molar-refractivity contribution in [2.45, 2.75) is 0 Å². The minimum absolute atomic E-state index is 0. The van der Waals surface area contributed by atoms with Gasteiger partial charge in [0, 0.05) is 1.43 Å². The molecular formula is C3H10Cr-2. The van der Waals surface area contributed by atoms with E-state index in [4.69, 9.17) is 0 Å². The Morgan fingerprint density at radius 1 is 1.25 bits per heavy atom. The summed E-state index contributed by atoms with van der Waals surface area (Å²) < 4.78 is 0. The van der Waals surface area contributed by atoms with Gasteiger partial charge in [-0.1, -0.05) is 0 Å². The first-order valence-electron chi connectivity index (χ1n) is 0.289. The van der Waals surface area contributed by atoms with Gasteiger partial charge in [-0.25, -0.2) is 0 Å². The summed E-state index contributed by atoms with van der Waals surface area (Å²) in [7, 11) is 0. The Balaban J connectivity index is -0.00000000167. The molecule has 0 fully saturated rings. The van der Waals surface area contributed by atoms with Gasteiger partial charge in [-0.15, -0.1) is 0 Å². The molecule has 0 nitrogen and oxygen atoms in total. The van der Waals surface area contributed by atoms with E-state index in [1.165, 1.54) is 0 Å². The van der Waals surface area contributed by atoms with E-state index in [1.807, 2.05) is 0 Å². The zero-order chi connectivity index (χ0) is 2.00. The summed E-state index contributed by atoms with van der Waals surface area (Å²) in [6.45, 7) is 0. The first-order valence-corrected chi connectivity index (χ1v) is 1.19. The first-order chi connectivity index (χ1) is 1.00. The van der Waals surface area contributed by atoms with Crippen LogP contribution in [0.15, 0.2) is 0 Å². The molecule has 4 heavy (non-hydrogen) atoms. The number of rotatable bonds is 0. The second-order valence-electron chi connectivity index (χ2n) is 0. The quantitative estimate of drug-likeness (QED) is 0.399. The van der Waals surface area contributed by atoms with Crippen LogP contribution in [0.4, 0.5) is 0 Å². The molecule has 0 aliphatic rings. The summed E-state index contributed by atoms with van der Waals surface area (Å²) >= 11 is 2.38. The van der Waals surface area contributed by atoms with Gasteiger partial charge in [0.1, 0.15) is 0 Å². The van der Waals surface area contributed by atoms with Crippen LogP contribution in [-0.4, -0.2) is 5.39 Å². The zero-order valence-corrected chi connectivity index (χ0v) is 4.39. The molecule has 0 bridgehead atoms. The van der Waals surface area contributed by atoms with Gasteiger partial charge in [-0.05, 0) is 0 Å². The van der Waals surface area contributed by atoms with Gasteiger partial charge in [0.15, 0.2) is 0 Å². The summed E-state index contributed by atoms with van der Waals surface area (Å²) in [5.74, 6) is 0.